The van der Waals surface area contributed by atoms with Crippen LogP contribution in [0, 0.1) is 24.3 Å². The number of halogens is 3. The number of terminal acetylenes is 1. The highest BCUT2D eigenvalue weighted by atomic mass is 19.4. The number of rotatable bonds is 4. The maximum Gasteiger partial charge on any atom is 0.573 e. The molecule has 3 N–H and O–H groups in total. The number of likely N-dealkylation sites (tertiary alicyclic amines) is 2. The Labute approximate surface area is 202 Å². The largest absolute Gasteiger partial charge is 0.573 e. The van der Waals surface area contributed by atoms with E-state index in [-0.39, 0.29) is 23.5 Å². The second-order valence-corrected chi connectivity index (χ2v) is 7.49. The van der Waals surface area contributed by atoms with Crippen molar-refractivity contribution in [2.75, 3.05) is 26.2 Å². The van der Waals surface area contributed by atoms with E-state index in [1.165, 1.54) is 12.1 Å². The summed E-state index contributed by atoms with van der Waals surface area (Å²) in [6.45, 7) is 2.82. The maximum atomic E-state index is 11.9. The smallest absolute Gasteiger partial charge is 0.406 e. The van der Waals surface area contributed by atoms with E-state index in [0.29, 0.717) is 18.7 Å². The summed E-state index contributed by atoms with van der Waals surface area (Å²) in [5.74, 6) is -0.224. The molecule has 2 aliphatic heterocycles. The van der Waals surface area contributed by atoms with E-state index in [1.54, 1.807) is 11.1 Å². The van der Waals surface area contributed by atoms with E-state index in [1.807, 2.05) is 4.90 Å². The predicted molar refractivity (Wildman–Crippen MR) is 124 cm³/mol. The minimum atomic E-state index is -4.73. The number of nitrogens with two attached hydrogens (primary N) is 1. The van der Waals surface area contributed by atoms with Gasteiger partial charge in [0.1, 0.15) is 5.75 Å². The van der Waals surface area contributed by atoms with Gasteiger partial charge in [-0.1, -0.05) is 6.42 Å². The van der Waals surface area contributed by atoms with Gasteiger partial charge >= 0.3 is 6.36 Å². The fraction of sp³-hybridized carbons (Fsp3) is 0.478. The van der Waals surface area contributed by atoms with Crippen LogP contribution < -0.4 is 15.8 Å². The number of alkyl halides is 3. The molecule has 0 aromatic heterocycles. The number of guanidine groups is 1. The number of carbonyl (C=O) groups excluding carboxylic acids is 2. The first-order valence-corrected chi connectivity index (χ1v) is 10.9. The van der Waals surface area contributed by atoms with Crippen molar-refractivity contribution in [1.29, 1.82) is 5.26 Å². The molecule has 0 atom stereocenters. The number of benzene rings is 1. The van der Waals surface area contributed by atoms with Gasteiger partial charge in [-0.15, -0.1) is 26.0 Å². The molecule has 0 aliphatic carbocycles. The molecule has 0 bridgehead atoms. The monoisotopic (exact) mass is 494 g/mol. The van der Waals surface area contributed by atoms with Crippen LogP contribution in [0.1, 0.15) is 38.5 Å². The normalized spacial score (nSPS) is 16.0. The van der Waals surface area contributed by atoms with Crippen molar-refractivity contribution in [3.8, 4) is 24.8 Å². The number of carbonyl (C=O) groups is 2. The molecule has 2 heterocycles. The lowest BCUT2D eigenvalue weighted by molar-refractivity contribution is -0.274. The second kappa shape index (κ2) is 15.1. The molecular formula is C23H29F3N6O3. The molecule has 2 saturated heterocycles. The summed E-state index contributed by atoms with van der Waals surface area (Å²) in [6.07, 6.45) is 10.8. The standard InChI is InChI=1S/C12H20N2O2.C9H7F3N4O.C2H2/c15-11-6-2-1-3-9-14(11)10-12(16)13-7-4-5-8-13;10-9(11,12)17-7-3-1-6(2-4-7)16-8(14)15-5-13;1-2/h1-10H2;1-4H,(H3,14,15,16);1-2H. The number of nitriles is 1. The summed E-state index contributed by atoms with van der Waals surface area (Å²) < 4.78 is 39.2. The van der Waals surface area contributed by atoms with Crippen molar-refractivity contribution in [2.24, 2.45) is 10.7 Å². The Balaban J connectivity index is 0.000000327. The number of nitrogens with zero attached hydrogens (tertiary/aromatic N) is 4. The third kappa shape index (κ3) is 11.7. The molecular weight excluding hydrogens is 465 g/mol. The molecule has 0 spiro atoms. The summed E-state index contributed by atoms with van der Waals surface area (Å²) in [6, 6.07) is 4.72. The Morgan fingerprint density at radius 3 is 2.29 bits per heavy atom. The molecule has 3 rings (SSSR count). The summed E-state index contributed by atoms with van der Waals surface area (Å²) in [5.41, 5.74) is 5.55. The van der Waals surface area contributed by atoms with Gasteiger partial charge in [0.05, 0.1) is 12.2 Å². The summed E-state index contributed by atoms with van der Waals surface area (Å²) in [4.78, 5) is 31.0. The molecule has 2 amide bonds. The first-order valence-electron chi connectivity index (χ1n) is 10.9. The average Bonchev–Trinajstić information content (AvgIpc) is 3.28. The quantitative estimate of drug-likeness (QED) is 0.218. The lowest BCUT2D eigenvalue weighted by atomic mass is 10.2. The number of nitrogens with one attached hydrogen (secondary N) is 1. The van der Waals surface area contributed by atoms with E-state index in [0.717, 1.165) is 63.9 Å². The number of aliphatic imine (C=N–C) groups is 1. The van der Waals surface area contributed by atoms with Crippen LogP contribution in [0.5, 0.6) is 5.75 Å². The zero-order chi connectivity index (χ0) is 26.3. The number of amides is 2. The topological polar surface area (TPSA) is 124 Å². The SMILES string of the molecule is C#C.N#CNC(N)=Nc1ccc(OC(F)(F)F)cc1.O=C(CN1CCCCCC1=O)N1CCCC1. The Hall–Kier alpha value is -3.93. The van der Waals surface area contributed by atoms with Crippen LogP contribution >= 0.6 is 0 Å². The van der Waals surface area contributed by atoms with E-state index in [9.17, 15) is 22.8 Å². The third-order valence-electron chi connectivity index (χ3n) is 4.96. The molecule has 1 aromatic rings. The van der Waals surface area contributed by atoms with Crippen LogP contribution in [0.4, 0.5) is 18.9 Å². The van der Waals surface area contributed by atoms with Crippen molar-refractivity contribution in [3.63, 3.8) is 0 Å². The molecule has 35 heavy (non-hydrogen) atoms. The van der Waals surface area contributed by atoms with E-state index >= 15 is 0 Å². The summed E-state index contributed by atoms with van der Waals surface area (Å²) in [5, 5.41) is 10.3. The first-order chi connectivity index (χ1) is 16.7. The van der Waals surface area contributed by atoms with Crippen molar-refractivity contribution in [1.82, 2.24) is 15.1 Å². The number of ether oxygens (including phenoxy) is 1. The van der Waals surface area contributed by atoms with Crippen molar-refractivity contribution >= 4 is 23.5 Å². The molecule has 0 radical (unpaired) electrons. The summed E-state index contributed by atoms with van der Waals surface area (Å²) >= 11 is 0. The van der Waals surface area contributed by atoms with E-state index < -0.39 is 6.36 Å². The molecule has 0 unspecified atom stereocenters. The van der Waals surface area contributed by atoms with Gasteiger partial charge < -0.3 is 20.3 Å². The molecule has 2 fully saturated rings. The molecule has 190 valence electrons. The lowest BCUT2D eigenvalue weighted by Crippen LogP contribution is -2.41. The van der Waals surface area contributed by atoms with Crippen LogP contribution in [0.3, 0.4) is 0 Å². The van der Waals surface area contributed by atoms with Gasteiger partial charge in [-0.25, -0.2) is 4.99 Å². The highest BCUT2D eigenvalue weighted by Gasteiger charge is 2.31. The zero-order valence-electron chi connectivity index (χ0n) is 19.3. The fourth-order valence-electron chi connectivity index (χ4n) is 3.38. The Bertz CT molecular complexity index is 904. The Kier molecular flexibility index (Phi) is 12.5. The summed E-state index contributed by atoms with van der Waals surface area (Å²) in [7, 11) is 0. The second-order valence-electron chi connectivity index (χ2n) is 7.49. The zero-order valence-corrected chi connectivity index (χ0v) is 19.3. The van der Waals surface area contributed by atoms with Gasteiger partial charge in [0.15, 0.2) is 6.19 Å². The first kappa shape index (κ1) is 29.1. The molecule has 12 heteroatoms. The minimum absolute atomic E-state index is 0.132. The van der Waals surface area contributed by atoms with Crippen LogP contribution in [0.2, 0.25) is 0 Å². The van der Waals surface area contributed by atoms with Crippen LogP contribution in [-0.2, 0) is 9.59 Å². The molecule has 2 aliphatic rings. The molecule has 0 saturated carbocycles. The number of hydrogen-bond donors (Lipinski definition) is 2. The van der Waals surface area contributed by atoms with Crippen molar-refractivity contribution < 1.29 is 27.5 Å². The lowest BCUT2D eigenvalue weighted by Gasteiger charge is -2.23. The molecule has 1 aromatic carbocycles. The maximum absolute atomic E-state index is 11.9. The number of hydrogen-bond acceptors (Lipinski definition) is 5. The minimum Gasteiger partial charge on any atom is -0.406 e. The van der Waals surface area contributed by atoms with E-state index in [2.05, 4.69) is 27.9 Å². The van der Waals surface area contributed by atoms with Gasteiger partial charge in [0, 0.05) is 26.1 Å². The van der Waals surface area contributed by atoms with Gasteiger partial charge in [-0.05, 0) is 49.9 Å². The average molecular weight is 495 g/mol. The van der Waals surface area contributed by atoms with Crippen LogP contribution in [0.15, 0.2) is 29.3 Å². The van der Waals surface area contributed by atoms with Crippen LogP contribution in [0.25, 0.3) is 0 Å². The van der Waals surface area contributed by atoms with Gasteiger partial charge in [0.25, 0.3) is 0 Å². The predicted octanol–water partition coefficient (Wildman–Crippen LogP) is 2.86. The fourth-order valence-corrected chi connectivity index (χ4v) is 3.38. The van der Waals surface area contributed by atoms with Crippen molar-refractivity contribution in [3.05, 3.63) is 24.3 Å². The van der Waals surface area contributed by atoms with Gasteiger partial charge in [-0.2, -0.15) is 5.26 Å². The highest BCUT2D eigenvalue weighted by Crippen LogP contribution is 2.24. The highest BCUT2D eigenvalue weighted by molar-refractivity contribution is 5.85. The van der Waals surface area contributed by atoms with E-state index in [4.69, 9.17) is 11.0 Å². The van der Waals surface area contributed by atoms with Crippen LogP contribution in [-0.4, -0.2) is 60.1 Å². The Morgan fingerprint density at radius 2 is 1.71 bits per heavy atom. The van der Waals surface area contributed by atoms with Gasteiger partial charge in [0.2, 0.25) is 17.8 Å². The Morgan fingerprint density at radius 1 is 1.11 bits per heavy atom. The van der Waals surface area contributed by atoms with Gasteiger partial charge in [-0.3, -0.25) is 14.9 Å². The molecule has 9 nitrogen and oxygen atoms in total. The van der Waals surface area contributed by atoms with Crippen molar-refractivity contribution in [2.45, 2.75) is 44.9 Å². The third-order valence-corrected chi connectivity index (χ3v) is 4.96.